The highest BCUT2D eigenvalue weighted by molar-refractivity contribution is 5.49. The minimum Gasteiger partial charge on any atom is -0.171 e. The Morgan fingerprint density at radius 3 is 2.26 bits per heavy atom. The zero-order valence-electron chi connectivity index (χ0n) is 13.9. The Hall–Kier alpha value is -1.25. The predicted octanol–water partition coefficient (Wildman–Crippen LogP) is 7.12. The van der Waals surface area contributed by atoms with E-state index in [1.165, 1.54) is 44.1 Å². The van der Waals surface area contributed by atoms with Gasteiger partial charge in [-0.1, -0.05) is 56.2 Å². The van der Waals surface area contributed by atoms with E-state index in [4.69, 9.17) is 0 Å². The molecule has 1 aromatic rings. The molecular weight excluding hydrogens is 297 g/mol. The van der Waals surface area contributed by atoms with Crippen LogP contribution in [0.4, 0.5) is 13.2 Å². The predicted molar refractivity (Wildman–Crippen MR) is 90.4 cm³/mol. The summed E-state index contributed by atoms with van der Waals surface area (Å²) in [4.78, 5) is 0. The van der Waals surface area contributed by atoms with Gasteiger partial charge >= 0.3 is 6.18 Å². The third kappa shape index (κ3) is 6.40. The molecule has 0 nitrogen and oxygen atoms in total. The van der Waals surface area contributed by atoms with Gasteiger partial charge in [0.05, 0.1) is 0 Å². The highest BCUT2D eigenvalue weighted by Crippen LogP contribution is 2.37. The maximum atomic E-state index is 12.1. The molecule has 3 heteroatoms. The van der Waals surface area contributed by atoms with Crippen molar-refractivity contribution in [1.82, 2.24) is 0 Å². The van der Waals surface area contributed by atoms with Crippen LogP contribution in [0.15, 0.2) is 30.3 Å². The topological polar surface area (TPSA) is 0 Å². The molecular formula is C20H27F3. The van der Waals surface area contributed by atoms with Crippen molar-refractivity contribution < 1.29 is 13.2 Å². The van der Waals surface area contributed by atoms with Gasteiger partial charge in [0.2, 0.25) is 0 Å². The van der Waals surface area contributed by atoms with E-state index >= 15 is 0 Å². The number of allylic oxidation sites excluding steroid dienone is 1. The first-order chi connectivity index (χ1) is 11.0. The monoisotopic (exact) mass is 324 g/mol. The van der Waals surface area contributed by atoms with Gasteiger partial charge in [-0.05, 0) is 55.1 Å². The number of hydrogen-bond donors (Lipinski definition) is 0. The van der Waals surface area contributed by atoms with Gasteiger partial charge in [0.1, 0.15) is 0 Å². The standard InChI is InChI=1S/C20H27F3/c1-2-5-16-7-11-18(12-8-16)19-13-9-17(10-14-19)6-3-4-15-20(21,22)23/h3,6,9-10,13-14,16,18H,2,4-5,7-8,11-12,15H2,1H3. The van der Waals surface area contributed by atoms with Crippen LogP contribution in [0.1, 0.15) is 75.3 Å². The molecule has 0 atom stereocenters. The van der Waals surface area contributed by atoms with Crippen molar-refractivity contribution in [3.63, 3.8) is 0 Å². The normalized spacial score (nSPS) is 22.6. The molecule has 0 aromatic heterocycles. The summed E-state index contributed by atoms with van der Waals surface area (Å²) in [6.45, 7) is 2.26. The fourth-order valence-corrected chi connectivity index (χ4v) is 3.54. The third-order valence-corrected chi connectivity index (χ3v) is 4.86. The lowest BCUT2D eigenvalue weighted by molar-refractivity contribution is -0.133. The Morgan fingerprint density at radius 2 is 1.70 bits per heavy atom. The lowest BCUT2D eigenvalue weighted by atomic mass is 9.77. The molecule has 0 saturated heterocycles. The van der Waals surface area contributed by atoms with Crippen LogP contribution in [0.3, 0.4) is 0 Å². The Kier molecular flexibility index (Phi) is 6.73. The maximum Gasteiger partial charge on any atom is 0.389 e. The van der Waals surface area contributed by atoms with Crippen molar-refractivity contribution in [2.45, 2.75) is 70.4 Å². The zero-order valence-corrected chi connectivity index (χ0v) is 13.9. The molecule has 0 bridgehead atoms. The van der Waals surface area contributed by atoms with Gasteiger partial charge in [0, 0.05) is 6.42 Å². The van der Waals surface area contributed by atoms with Crippen molar-refractivity contribution in [1.29, 1.82) is 0 Å². The fourth-order valence-electron chi connectivity index (χ4n) is 3.54. The first-order valence-corrected chi connectivity index (χ1v) is 8.81. The summed E-state index contributed by atoms with van der Waals surface area (Å²) in [5, 5.41) is 0. The number of halogens is 3. The molecule has 1 aliphatic rings. The summed E-state index contributed by atoms with van der Waals surface area (Å²) in [5.41, 5.74) is 2.36. The van der Waals surface area contributed by atoms with E-state index in [1.54, 1.807) is 12.2 Å². The molecule has 0 spiro atoms. The summed E-state index contributed by atoms with van der Waals surface area (Å²) in [5.74, 6) is 1.57. The Morgan fingerprint density at radius 1 is 1.04 bits per heavy atom. The minimum atomic E-state index is -4.06. The number of alkyl halides is 3. The van der Waals surface area contributed by atoms with Crippen LogP contribution in [0.5, 0.6) is 0 Å². The van der Waals surface area contributed by atoms with Crippen LogP contribution >= 0.6 is 0 Å². The van der Waals surface area contributed by atoms with E-state index in [9.17, 15) is 13.2 Å². The Bertz CT molecular complexity index is 477. The van der Waals surface area contributed by atoms with E-state index in [1.807, 2.05) is 12.1 Å². The number of hydrogen-bond acceptors (Lipinski definition) is 0. The minimum absolute atomic E-state index is 0.0483. The molecule has 2 rings (SSSR count). The van der Waals surface area contributed by atoms with E-state index in [0.717, 1.165) is 11.5 Å². The van der Waals surface area contributed by atoms with Gasteiger partial charge in [-0.25, -0.2) is 0 Å². The van der Waals surface area contributed by atoms with Crippen LogP contribution in [-0.4, -0.2) is 6.18 Å². The van der Waals surface area contributed by atoms with Crippen LogP contribution in [0, 0.1) is 5.92 Å². The fraction of sp³-hybridized carbons (Fsp3) is 0.600. The lowest BCUT2D eigenvalue weighted by Crippen LogP contribution is -2.13. The molecule has 0 heterocycles. The van der Waals surface area contributed by atoms with Crippen LogP contribution in [0.25, 0.3) is 6.08 Å². The molecule has 0 aliphatic heterocycles. The van der Waals surface area contributed by atoms with Crippen molar-refractivity contribution in [2.75, 3.05) is 0 Å². The highest BCUT2D eigenvalue weighted by Gasteiger charge is 2.25. The lowest BCUT2D eigenvalue weighted by Gasteiger charge is -2.28. The molecule has 1 saturated carbocycles. The molecule has 0 amide bonds. The van der Waals surface area contributed by atoms with Crippen LogP contribution in [0.2, 0.25) is 0 Å². The van der Waals surface area contributed by atoms with Crippen molar-refractivity contribution in [3.8, 4) is 0 Å². The first-order valence-electron chi connectivity index (χ1n) is 8.81. The van der Waals surface area contributed by atoms with Crippen molar-refractivity contribution >= 4 is 6.08 Å². The quantitative estimate of drug-likeness (QED) is 0.522. The van der Waals surface area contributed by atoms with E-state index < -0.39 is 12.6 Å². The van der Waals surface area contributed by atoms with Gasteiger partial charge in [0.25, 0.3) is 0 Å². The Balaban J connectivity index is 1.82. The molecule has 0 N–H and O–H groups in total. The molecule has 23 heavy (non-hydrogen) atoms. The largest absolute Gasteiger partial charge is 0.389 e. The van der Waals surface area contributed by atoms with Crippen molar-refractivity contribution in [3.05, 3.63) is 41.5 Å². The molecule has 0 radical (unpaired) electrons. The summed E-state index contributed by atoms with van der Waals surface area (Å²) < 4.78 is 36.2. The first kappa shape index (κ1) is 18.1. The van der Waals surface area contributed by atoms with Crippen LogP contribution < -0.4 is 0 Å². The summed E-state index contributed by atoms with van der Waals surface area (Å²) in [6.07, 6.45) is 6.47. The number of benzene rings is 1. The van der Waals surface area contributed by atoms with E-state index in [-0.39, 0.29) is 6.42 Å². The SMILES string of the molecule is CCCC1CCC(c2ccc(C=CCCC(F)(F)F)cc2)CC1. The second-order valence-corrected chi connectivity index (χ2v) is 6.73. The second kappa shape index (κ2) is 8.56. The van der Waals surface area contributed by atoms with E-state index in [0.29, 0.717) is 5.92 Å². The maximum absolute atomic E-state index is 12.1. The van der Waals surface area contributed by atoms with Crippen molar-refractivity contribution in [2.24, 2.45) is 5.92 Å². The highest BCUT2D eigenvalue weighted by atomic mass is 19.4. The average molecular weight is 324 g/mol. The summed E-state index contributed by atoms with van der Waals surface area (Å²) in [7, 11) is 0. The molecule has 128 valence electrons. The summed E-state index contributed by atoms with van der Waals surface area (Å²) in [6, 6.07) is 8.34. The smallest absolute Gasteiger partial charge is 0.171 e. The van der Waals surface area contributed by atoms with Gasteiger partial charge in [-0.3, -0.25) is 0 Å². The molecule has 1 aromatic carbocycles. The van der Waals surface area contributed by atoms with Crippen LogP contribution in [-0.2, 0) is 0 Å². The van der Waals surface area contributed by atoms with E-state index in [2.05, 4.69) is 19.1 Å². The summed E-state index contributed by atoms with van der Waals surface area (Å²) >= 11 is 0. The second-order valence-electron chi connectivity index (χ2n) is 6.73. The van der Waals surface area contributed by atoms with Gasteiger partial charge < -0.3 is 0 Å². The van der Waals surface area contributed by atoms with Gasteiger partial charge in [0.15, 0.2) is 0 Å². The average Bonchev–Trinajstić information content (AvgIpc) is 2.52. The van der Waals surface area contributed by atoms with Gasteiger partial charge in [-0.2, -0.15) is 13.2 Å². The third-order valence-electron chi connectivity index (χ3n) is 4.86. The zero-order chi connectivity index (χ0) is 16.7. The van der Waals surface area contributed by atoms with Gasteiger partial charge in [-0.15, -0.1) is 0 Å². The molecule has 0 unspecified atom stereocenters. The molecule has 1 aliphatic carbocycles. The molecule has 1 fully saturated rings. The Labute approximate surface area is 137 Å². The number of rotatable bonds is 6.